The maximum absolute atomic E-state index is 10.9. The smallest absolute Gasteiger partial charge is 0.272 e. The zero-order chi connectivity index (χ0) is 17.3. The molecule has 0 spiro atoms. The van der Waals surface area contributed by atoms with Crippen LogP contribution in [0.3, 0.4) is 0 Å². The second-order valence-corrected chi connectivity index (χ2v) is 6.11. The van der Waals surface area contributed by atoms with Crippen molar-refractivity contribution in [3.05, 3.63) is 45.6 Å². The molecule has 8 heteroatoms. The lowest BCUT2D eigenvalue weighted by molar-refractivity contribution is -0.385. The fraction of sp³-hybridized carbons (Fsp3) is 0.500. The van der Waals surface area contributed by atoms with Crippen molar-refractivity contribution in [2.24, 2.45) is 0 Å². The first kappa shape index (κ1) is 16.4. The molecule has 1 saturated heterocycles. The van der Waals surface area contributed by atoms with E-state index >= 15 is 0 Å². The van der Waals surface area contributed by atoms with Gasteiger partial charge < -0.3 is 9.42 Å². The number of aryl methyl sites for hydroxylation is 2. The molecule has 0 saturated carbocycles. The number of hydrogen-bond donors (Lipinski definition) is 0. The first-order valence-corrected chi connectivity index (χ1v) is 8.00. The number of rotatable bonds is 4. The van der Waals surface area contributed by atoms with E-state index < -0.39 is 0 Å². The molecule has 1 aliphatic rings. The van der Waals surface area contributed by atoms with Crippen molar-refractivity contribution in [1.29, 1.82) is 0 Å². The molecule has 1 aromatic carbocycles. The third kappa shape index (κ3) is 3.23. The average Bonchev–Trinajstić information content (AvgIpc) is 3.00. The van der Waals surface area contributed by atoms with Gasteiger partial charge in [0.1, 0.15) is 0 Å². The summed E-state index contributed by atoms with van der Waals surface area (Å²) in [5, 5.41) is 14.8. The fourth-order valence-corrected chi connectivity index (χ4v) is 3.05. The van der Waals surface area contributed by atoms with Crippen LogP contribution < -0.4 is 4.90 Å². The van der Waals surface area contributed by atoms with Gasteiger partial charge in [-0.1, -0.05) is 5.16 Å². The molecule has 0 radical (unpaired) electrons. The Bertz CT molecular complexity index is 737. The Morgan fingerprint density at radius 1 is 1.25 bits per heavy atom. The van der Waals surface area contributed by atoms with Crippen molar-refractivity contribution < 1.29 is 9.45 Å². The Morgan fingerprint density at radius 2 is 1.96 bits per heavy atom. The van der Waals surface area contributed by atoms with Crippen LogP contribution in [-0.4, -0.2) is 46.1 Å². The number of nitro benzene ring substituents is 1. The lowest BCUT2D eigenvalue weighted by Crippen LogP contribution is -2.47. The van der Waals surface area contributed by atoms with Crippen LogP contribution >= 0.6 is 0 Å². The number of nitro groups is 1. The van der Waals surface area contributed by atoms with Gasteiger partial charge in [0.05, 0.1) is 11.0 Å². The molecule has 24 heavy (non-hydrogen) atoms. The predicted molar refractivity (Wildman–Crippen MR) is 89.1 cm³/mol. The van der Waals surface area contributed by atoms with Gasteiger partial charge in [-0.2, -0.15) is 4.98 Å². The van der Waals surface area contributed by atoms with Crippen LogP contribution in [-0.2, 0) is 0 Å². The highest BCUT2D eigenvalue weighted by Gasteiger charge is 2.26. The predicted octanol–water partition coefficient (Wildman–Crippen LogP) is 2.48. The highest BCUT2D eigenvalue weighted by molar-refractivity contribution is 5.55. The number of anilines is 1. The second kappa shape index (κ2) is 6.56. The van der Waals surface area contributed by atoms with E-state index in [0.717, 1.165) is 31.9 Å². The minimum Gasteiger partial charge on any atom is -0.369 e. The third-order valence-corrected chi connectivity index (χ3v) is 4.50. The molecule has 3 rings (SSSR count). The van der Waals surface area contributed by atoms with Gasteiger partial charge in [-0.3, -0.25) is 15.0 Å². The van der Waals surface area contributed by atoms with Crippen LogP contribution in [0.25, 0.3) is 0 Å². The van der Waals surface area contributed by atoms with Crippen LogP contribution in [0.5, 0.6) is 0 Å². The summed E-state index contributed by atoms with van der Waals surface area (Å²) in [5.41, 5.74) is 1.88. The topological polar surface area (TPSA) is 88.5 Å². The van der Waals surface area contributed by atoms with Crippen molar-refractivity contribution in [3.63, 3.8) is 0 Å². The summed E-state index contributed by atoms with van der Waals surface area (Å²) >= 11 is 0. The summed E-state index contributed by atoms with van der Waals surface area (Å²) in [6.07, 6.45) is 0. The Kier molecular flexibility index (Phi) is 4.48. The fourth-order valence-electron chi connectivity index (χ4n) is 3.05. The van der Waals surface area contributed by atoms with Crippen molar-refractivity contribution in [1.82, 2.24) is 15.0 Å². The van der Waals surface area contributed by atoms with E-state index in [9.17, 15) is 10.1 Å². The quantitative estimate of drug-likeness (QED) is 0.628. The molecular formula is C16H21N5O3. The number of piperazine rings is 1. The van der Waals surface area contributed by atoms with Gasteiger partial charge in [-0.05, 0) is 32.9 Å². The van der Waals surface area contributed by atoms with Crippen LogP contribution in [0.1, 0.15) is 30.2 Å². The standard InChI is InChI=1S/C16H21N5O3/c1-11-10-14(4-5-15(11)21(22)23)20-8-6-19(7-9-20)12(2)16-17-13(3)18-24-16/h4-5,10,12H,6-9H2,1-3H3. The number of hydrogen-bond acceptors (Lipinski definition) is 7. The Hall–Kier alpha value is -2.48. The Balaban J connectivity index is 1.64. The molecule has 0 aliphatic carbocycles. The minimum atomic E-state index is -0.342. The monoisotopic (exact) mass is 331 g/mol. The van der Waals surface area contributed by atoms with Crippen molar-refractivity contribution in [3.8, 4) is 0 Å². The minimum absolute atomic E-state index is 0.0898. The molecule has 1 fully saturated rings. The molecule has 0 bridgehead atoms. The van der Waals surface area contributed by atoms with Gasteiger partial charge in [0.2, 0.25) is 5.89 Å². The summed E-state index contributed by atoms with van der Waals surface area (Å²) in [6, 6.07) is 5.39. The molecule has 2 aromatic rings. The van der Waals surface area contributed by atoms with Crippen LogP contribution in [0, 0.1) is 24.0 Å². The highest BCUT2D eigenvalue weighted by Crippen LogP contribution is 2.26. The maximum atomic E-state index is 10.9. The summed E-state index contributed by atoms with van der Waals surface area (Å²) in [6.45, 7) is 9.12. The number of benzene rings is 1. The molecular weight excluding hydrogens is 310 g/mol. The second-order valence-electron chi connectivity index (χ2n) is 6.11. The molecule has 2 heterocycles. The normalized spacial score (nSPS) is 17.0. The van der Waals surface area contributed by atoms with E-state index in [1.807, 2.05) is 19.1 Å². The van der Waals surface area contributed by atoms with Gasteiger partial charge >= 0.3 is 0 Å². The van der Waals surface area contributed by atoms with E-state index in [1.54, 1.807) is 13.0 Å². The van der Waals surface area contributed by atoms with E-state index in [-0.39, 0.29) is 16.7 Å². The lowest BCUT2D eigenvalue weighted by atomic mass is 10.1. The molecule has 1 unspecified atom stereocenters. The van der Waals surface area contributed by atoms with Crippen molar-refractivity contribution in [2.75, 3.05) is 31.1 Å². The molecule has 1 aromatic heterocycles. The summed E-state index contributed by atoms with van der Waals surface area (Å²) in [5.74, 6) is 1.30. The molecule has 128 valence electrons. The summed E-state index contributed by atoms with van der Waals surface area (Å²) in [7, 11) is 0. The SMILES string of the molecule is Cc1noc(C(C)N2CCN(c3ccc([N+](=O)[O-])c(C)c3)CC2)n1. The van der Waals surface area contributed by atoms with Gasteiger partial charge in [0.15, 0.2) is 5.82 Å². The van der Waals surface area contributed by atoms with Gasteiger partial charge in [0.25, 0.3) is 5.69 Å². The van der Waals surface area contributed by atoms with Crippen molar-refractivity contribution >= 4 is 11.4 Å². The zero-order valence-electron chi connectivity index (χ0n) is 14.1. The zero-order valence-corrected chi connectivity index (χ0v) is 14.1. The van der Waals surface area contributed by atoms with Crippen LogP contribution in [0.2, 0.25) is 0 Å². The van der Waals surface area contributed by atoms with E-state index in [0.29, 0.717) is 17.3 Å². The van der Waals surface area contributed by atoms with Crippen molar-refractivity contribution in [2.45, 2.75) is 26.8 Å². The van der Waals surface area contributed by atoms with Crippen LogP contribution in [0.4, 0.5) is 11.4 Å². The highest BCUT2D eigenvalue weighted by atomic mass is 16.6. The summed E-state index contributed by atoms with van der Waals surface area (Å²) in [4.78, 5) is 19.4. The molecule has 0 amide bonds. The molecule has 0 N–H and O–H groups in total. The average molecular weight is 331 g/mol. The Labute approximate surface area is 140 Å². The van der Waals surface area contributed by atoms with Gasteiger partial charge in [-0.15, -0.1) is 0 Å². The summed E-state index contributed by atoms with van der Waals surface area (Å²) < 4.78 is 5.26. The lowest BCUT2D eigenvalue weighted by Gasteiger charge is -2.38. The number of aromatic nitrogens is 2. The first-order chi connectivity index (χ1) is 11.5. The largest absolute Gasteiger partial charge is 0.369 e. The first-order valence-electron chi connectivity index (χ1n) is 8.00. The van der Waals surface area contributed by atoms with Gasteiger partial charge in [-0.25, -0.2) is 0 Å². The molecule has 1 atom stereocenters. The molecule has 1 aliphatic heterocycles. The molecule has 8 nitrogen and oxygen atoms in total. The number of nitrogens with zero attached hydrogens (tertiary/aromatic N) is 5. The van der Waals surface area contributed by atoms with Crippen LogP contribution in [0.15, 0.2) is 22.7 Å². The van der Waals surface area contributed by atoms with E-state index in [4.69, 9.17) is 4.52 Å². The maximum Gasteiger partial charge on any atom is 0.272 e. The van der Waals surface area contributed by atoms with E-state index in [2.05, 4.69) is 26.9 Å². The Morgan fingerprint density at radius 3 is 2.50 bits per heavy atom. The van der Waals surface area contributed by atoms with E-state index in [1.165, 1.54) is 0 Å². The van der Waals surface area contributed by atoms with Gasteiger partial charge in [0, 0.05) is 43.5 Å². The third-order valence-electron chi connectivity index (χ3n) is 4.50.